The van der Waals surface area contributed by atoms with Gasteiger partial charge in [-0.25, -0.2) is 0 Å². The molecule has 1 fully saturated rings. The van der Waals surface area contributed by atoms with Crippen molar-refractivity contribution in [1.29, 1.82) is 0 Å². The molecule has 3 aromatic carbocycles. The Morgan fingerprint density at radius 2 is 1.88 bits per heavy atom. The lowest BCUT2D eigenvalue weighted by Crippen LogP contribution is -2.33. The molecule has 0 bridgehead atoms. The predicted molar refractivity (Wildman–Crippen MR) is 128 cm³/mol. The second kappa shape index (κ2) is 8.65. The first-order valence-electron chi connectivity index (χ1n) is 11.6. The van der Waals surface area contributed by atoms with Crippen molar-refractivity contribution in [2.45, 2.75) is 39.0 Å². The molecule has 0 spiro atoms. The molecule has 164 valence electrons. The van der Waals surface area contributed by atoms with Crippen molar-refractivity contribution in [1.82, 2.24) is 0 Å². The molecule has 5 nitrogen and oxygen atoms in total. The van der Waals surface area contributed by atoms with Crippen LogP contribution in [0.4, 0.5) is 11.4 Å². The summed E-state index contributed by atoms with van der Waals surface area (Å²) in [4.78, 5) is 28.3. The molecule has 1 saturated carbocycles. The maximum atomic E-state index is 13.4. The largest absolute Gasteiger partial charge is 0.493 e. The number of benzene rings is 3. The van der Waals surface area contributed by atoms with Gasteiger partial charge in [-0.1, -0.05) is 49.2 Å². The maximum Gasteiger partial charge on any atom is 0.260 e. The molecule has 2 amide bonds. The van der Waals surface area contributed by atoms with Crippen LogP contribution in [0.5, 0.6) is 5.75 Å². The van der Waals surface area contributed by atoms with Crippen LogP contribution in [0, 0.1) is 5.92 Å². The molecule has 32 heavy (non-hydrogen) atoms. The zero-order valence-corrected chi connectivity index (χ0v) is 18.4. The lowest BCUT2D eigenvalue weighted by Gasteiger charge is -2.22. The summed E-state index contributed by atoms with van der Waals surface area (Å²) in [5.74, 6) is 0.737. The minimum atomic E-state index is -0.211. The second-order valence-corrected chi connectivity index (χ2v) is 8.61. The van der Waals surface area contributed by atoms with Gasteiger partial charge in [0.1, 0.15) is 5.75 Å². The number of hydrogen-bond acceptors (Lipinski definition) is 3. The van der Waals surface area contributed by atoms with Gasteiger partial charge in [0.15, 0.2) is 0 Å². The summed E-state index contributed by atoms with van der Waals surface area (Å²) in [6.07, 6.45) is 5.12. The van der Waals surface area contributed by atoms with E-state index in [1.54, 1.807) is 0 Å². The average molecular weight is 429 g/mol. The molecule has 1 aliphatic carbocycles. The third-order valence-electron chi connectivity index (χ3n) is 6.63. The monoisotopic (exact) mass is 428 g/mol. The number of carbonyl (C=O) groups is 2. The highest BCUT2D eigenvalue weighted by Gasteiger charge is 2.32. The molecule has 3 aromatic rings. The molecule has 5 heteroatoms. The fourth-order valence-electron chi connectivity index (χ4n) is 5.03. The fourth-order valence-corrected chi connectivity index (χ4v) is 5.03. The first-order chi connectivity index (χ1) is 15.7. The van der Waals surface area contributed by atoms with Gasteiger partial charge in [-0.3, -0.25) is 9.59 Å². The minimum absolute atomic E-state index is 0.142. The smallest absolute Gasteiger partial charge is 0.260 e. The third-order valence-corrected chi connectivity index (χ3v) is 6.63. The molecular formula is C27H28N2O3. The summed E-state index contributed by atoms with van der Waals surface area (Å²) in [6.45, 7) is 3.11. The summed E-state index contributed by atoms with van der Waals surface area (Å²) in [6, 6.07) is 17.5. The van der Waals surface area contributed by atoms with Gasteiger partial charge in [-0.15, -0.1) is 0 Å². The quantitative estimate of drug-likeness (QED) is 0.578. The van der Waals surface area contributed by atoms with Crippen LogP contribution in [0.3, 0.4) is 0 Å². The van der Waals surface area contributed by atoms with E-state index in [9.17, 15) is 9.59 Å². The highest BCUT2D eigenvalue weighted by atomic mass is 16.5. The van der Waals surface area contributed by atoms with Crippen molar-refractivity contribution in [2.75, 3.05) is 23.4 Å². The Morgan fingerprint density at radius 3 is 2.69 bits per heavy atom. The van der Waals surface area contributed by atoms with Crippen LogP contribution < -0.4 is 15.0 Å². The summed E-state index contributed by atoms with van der Waals surface area (Å²) in [5, 5.41) is 4.90. The number of fused-ring (bicyclic) bond motifs is 2. The summed E-state index contributed by atoms with van der Waals surface area (Å²) in [7, 11) is 0. The Balaban J connectivity index is 1.44. The highest BCUT2D eigenvalue weighted by molar-refractivity contribution is 6.15. The number of nitrogens with one attached hydrogen (secondary N) is 1. The number of carbonyl (C=O) groups excluding carboxylic acids is 2. The van der Waals surface area contributed by atoms with Gasteiger partial charge in [0, 0.05) is 23.8 Å². The highest BCUT2D eigenvalue weighted by Crippen LogP contribution is 2.36. The van der Waals surface area contributed by atoms with Crippen molar-refractivity contribution in [2.24, 2.45) is 5.92 Å². The zero-order valence-electron chi connectivity index (χ0n) is 18.4. The maximum absolute atomic E-state index is 13.4. The van der Waals surface area contributed by atoms with Gasteiger partial charge < -0.3 is 15.0 Å². The van der Waals surface area contributed by atoms with Crippen molar-refractivity contribution in [3.05, 3.63) is 65.7 Å². The van der Waals surface area contributed by atoms with Gasteiger partial charge in [0.2, 0.25) is 5.91 Å². The van der Waals surface area contributed by atoms with Crippen LogP contribution in [-0.4, -0.2) is 25.0 Å². The first-order valence-corrected chi connectivity index (χ1v) is 11.6. The molecule has 1 aliphatic heterocycles. The molecule has 0 aromatic heterocycles. The Morgan fingerprint density at radius 1 is 1.06 bits per heavy atom. The molecule has 1 N–H and O–H groups in total. The Labute approximate surface area is 188 Å². The SMILES string of the molecule is CCOc1ccc2ccccc2c1C(=O)Nc1ccc2c(c1)N(C(=O)C1CCCC1)CC2. The second-order valence-electron chi connectivity index (χ2n) is 8.61. The number of amides is 2. The van der Waals surface area contributed by atoms with Crippen LogP contribution in [0.25, 0.3) is 10.8 Å². The third kappa shape index (κ3) is 3.72. The van der Waals surface area contributed by atoms with E-state index in [1.165, 1.54) is 0 Å². The summed E-state index contributed by atoms with van der Waals surface area (Å²) in [5.41, 5.74) is 3.32. The van der Waals surface area contributed by atoms with Gasteiger partial charge >= 0.3 is 0 Å². The van der Waals surface area contributed by atoms with E-state index >= 15 is 0 Å². The van der Waals surface area contributed by atoms with E-state index in [0.717, 1.165) is 60.7 Å². The van der Waals surface area contributed by atoms with Gasteiger partial charge in [-0.2, -0.15) is 0 Å². The standard InChI is InChI=1S/C27H28N2O3/c1-2-32-24-14-12-18-7-5-6-10-22(18)25(24)26(30)28-21-13-11-19-15-16-29(23(19)17-21)27(31)20-8-3-4-9-20/h5-7,10-14,17,20H,2-4,8-9,15-16H2,1H3,(H,28,30). The normalized spacial score (nSPS) is 15.7. The number of nitrogens with zero attached hydrogens (tertiary/aromatic N) is 1. The fraction of sp³-hybridized carbons (Fsp3) is 0.333. The lowest BCUT2D eigenvalue weighted by atomic mass is 10.0. The Bertz CT molecular complexity index is 1180. The van der Waals surface area contributed by atoms with Crippen LogP contribution in [0.2, 0.25) is 0 Å². The number of anilines is 2. The van der Waals surface area contributed by atoms with Crippen molar-refractivity contribution in [3.63, 3.8) is 0 Å². The van der Waals surface area contributed by atoms with E-state index in [0.29, 0.717) is 23.6 Å². The van der Waals surface area contributed by atoms with Crippen molar-refractivity contribution >= 4 is 34.0 Å². The molecular weight excluding hydrogens is 400 g/mol. The van der Waals surface area contributed by atoms with Crippen LogP contribution in [0.1, 0.15) is 48.5 Å². The van der Waals surface area contributed by atoms with Crippen molar-refractivity contribution in [3.8, 4) is 5.75 Å². The number of hydrogen-bond donors (Lipinski definition) is 1. The molecule has 1 heterocycles. The number of rotatable bonds is 5. The van der Waals surface area contributed by atoms with Crippen LogP contribution in [0.15, 0.2) is 54.6 Å². The average Bonchev–Trinajstić information content (AvgIpc) is 3.49. The van der Waals surface area contributed by atoms with Crippen molar-refractivity contribution < 1.29 is 14.3 Å². The zero-order chi connectivity index (χ0) is 22.1. The van der Waals surface area contributed by atoms with Crippen LogP contribution >= 0.6 is 0 Å². The first kappa shape index (κ1) is 20.6. The molecule has 0 saturated heterocycles. The van der Waals surface area contributed by atoms with Crippen LogP contribution in [-0.2, 0) is 11.2 Å². The van der Waals surface area contributed by atoms with E-state index in [1.807, 2.05) is 66.4 Å². The van der Waals surface area contributed by atoms with E-state index in [4.69, 9.17) is 4.74 Å². The number of ether oxygens (including phenoxy) is 1. The predicted octanol–water partition coefficient (Wildman–Crippen LogP) is 5.57. The lowest BCUT2D eigenvalue weighted by molar-refractivity contribution is -0.122. The van der Waals surface area contributed by atoms with E-state index < -0.39 is 0 Å². The molecule has 0 atom stereocenters. The topological polar surface area (TPSA) is 58.6 Å². The Hall–Kier alpha value is -3.34. The van der Waals surface area contributed by atoms with Gasteiger partial charge in [0.05, 0.1) is 12.2 Å². The van der Waals surface area contributed by atoms with Gasteiger partial charge in [-0.05, 0) is 60.7 Å². The Kier molecular flexibility index (Phi) is 5.56. The van der Waals surface area contributed by atoms with Gasteiger partial charge in [0.25, 0.3) is 5.91 Å². The van der Waals surface area contributed by atoms with E-state index in [2.05, 4.69) is 5.32 Å². The molecule has 5 rings (SSSR count). The summed E-state index contributed by atoms with van der Waals surface area (Å²) < 4.78 is 5.77. The summed E-state index contributed by atoms with van der Waals surface area (Å²) >= 11 is 0. The molecule has 0 unspecified atom stereocenters. The molecule has 2 aliphatic rings. The van der Waals surface area contributed by atoms with E-state index in [-0.39, 0.29) is 17.7 Å². The minimum Gasteiger partial charge on any atom is -0.493 e. The molecule has 0 radical (unpaired) electrons.